The molecule has 0 spiro atoms. The van der Waals surface area contributed by atoms with Crippen molar-refractivity contribution < 1.29 is 37.2 Å². The van der Waals surface area contributed by atoms with Crippen molar-refractivity contribution >= 4 is 34.8 Å². The first kappa shape index (κ1) is 37.6. The van der Waals surface area contributed by atoms with E-state index in [1.165, 1.54) is 10.3 Å². The van der Waals surface area contributed by atoms with Gasteiger partial charge in [-0.05, 0) is 24.3 Å². The van der Waals surface area contributed by atoms with Crippen LogP contribution in [0.2, 0.25) is 0 Å². The molecule has 0 aliphatic carbocycles. The van der Waals surface area contributed by atoms with Gasteiger partial charge in [0.1, 0.15) is 13.2 Å². The van der Waals surface area contributed by atoms with E-state index in [-0.39, 0.29) is 27.7 Å². The fourth-order valence-corrected chi connectivity index (χ4v) is 1.98. The molecule has 4 heterocycles. The van der Waals surface area contributed by atoms with Gasteiger partial charge in [-0.3, -0.25) is 19.9 Å². The Labute approximate surface area is 234 Å². The molecule has 4 rings (SSSR count). The second-order valence-electron chi connectivity index (χ2n) is 5.49. The first-order chi connectivity index (χ1) is 16.7. The van der Waals surface area contributed by atoms with Crippen molar-refractivity contribution in [3.8, 4) is 11.8 Å². The van der Waals surface area contributed by atoms with Gasteiger partial charge in [-0.15, -0.1) is 0 Å². The van der Waals surface area contributed by atoms with Gasteiger partial charge < -0.3 is 31.2 Å². The summed E-state index contributed by atoms with van der Waals surface area (Å²) < 4.78 is 10.7. The number of ether oxygens (including phenoxy) is 2. The molecule has 0 fully saturated rings. The second-order valence-corrected chi connectivity index (χ2v) is 5.85. The van der Waals surface area contributed by atoms with Gasteiger partial charge in [0.15, 0.2) is 0 Å². The SMILES string of the molecule is [Co+2].[N-]=C=S.[N-]=C=S.[OH3+].[OH3+].c1ccc(COc2cnccn2)nc1.c1ccc(COc2cnccn2)nc1. The Bertz CT molecular complexity index is 941. The number of pyridine rings is 2. The predicted octanol–water partition coefficient (Wildman–Crippen LogP) is 2.37. The van der Waals surface area contributed by atoms with Gasteiger partial charge in [-0.25, -0.2) is 9.97 Å². The summed E-state index contributed by atoms with van der Waals surface area (Å²) in [5.41, 5.74) is 1.75. The Morgan fingerprint density at radius 1 is 0.622 bits per heavy atom. The van der Waals surface area contributed by atoms with E-state index in [9.17, 15) is 0 Å². The van der Waals surface area contributed by atoms with E-state index >= 15 is 0 Å². The van der Waals surface area contributed by atoms with E-state index < -0.39 is 0 Å². The van der Waals surface area contributed by atoms with Gasteiger partial charge in [0.25, 0.3) is 0 Å². The number of isothiocyanates is 2. The van der Waals surface area contributed by atoms with Crippen LogP contribution in [0.3, 0.4) is 0 Å². The molecule has 0 bridgehead atoms. The third-order valence-corrected chi connectivity index (χ3v) is 3.27. The number of rotatable bonds is 6. The van der Waals surface area contributed by atoms with Crippen LogP contribution in [0.4, 0.5) is 0 Å². The van der Waals surface area contributed by atoms with Crippen LogP contribution in [0.5, 0.6) is 11.8 Å². The summed E-state index contributed by atoms with van der Waals surface area (Å²) in [7, 11) is 0. The number of thiocarbonyl (C=S) groups is 2. The Hall–Kier alpha value is -3.91. The maximum Gasteiger partial charge on any atom is 2.00 e. The molecular weight excluding hydrogens is 563 g/mol. The van der Waals surface area contributed by atoms with Crippen molar-refractivity contribution in [2.24, 2.45) is 0 Å². The quantitative estimate of drug-likeness (QED) is 0.183. The summed E-state index contributed by atoms with van der Waals surface area (Å²) in [6, 6.07) is 11.4. The minimum absolute atomic E-state index is 0. The van der Waals surface area contributed by atoms with Crippen molar-refractivity contribution in [3.05, 3.63) is 108 Å². The molecule has 0 aromatic carbocycles. The van der Waals surface area contributed by atoms with Crippen molar-refractivity contribution in [2.75, 3.05) is 0 Å². The minimum Gasteiger partial charge on any atom is -0.753 e. The first-order valence-corrected chi connectivity index (χ1v) is 10.1. The third-order valence-electron chi connectivity index (χ3n) is 3.27. The Balaban J connectivity index is -0.000000483. The fourth-order valence-electron chi connectivity index (χ4n) is 1.98. The van der Waals surface area contributed by atoms with E-state index in [1.807, 2.05) is 36.4 Å². The zero-order valence-electron chi connectivity index (χ0n) is 19.2. The van der Waals surface area contributed by atoms with Gasteiger partial charge in [0, 0.05) is 37.2 Å². The molecule has 6 N–H and O–H groups in total. The maximum absolute atomic E-state index is 7.13. The molecular formula is C22H24CoN8O4S2+2. The Kier molecular flexibility index (Phi) is 27.1. The largest absolute Gasteiger partial charge is 2.00 e. The molecule has 195 valence electrons. The normalized spacial score (nSPS) is 7.78. The number of aromatic nitrogens is 6. The number of nitrogens with zero attached hydrogens (tertiary/aromatic N) is 8. The molecule has 0 aliphatic heterocycles. The van der Waals surface area contributed by atoms with Crippen LogP contribution >= 0.6 is 24.4 Å². The van der Waals surface area contributed by atoms with E-state index in [0.717, 1.165) is 11.4 Å². The molecule has 15 heteroatoms. The van der Waals surface area contributed by atoms with Gasteiger partial charge in [0.05, 0.1) is 23.8 Å². The number of hydrogen-bond donors (Lipinski definition) is 0. The summed E-state index contributed by atoms with van der Waals surface area (Å²) in [5, 5.41) is 16.9. The summed E-state index contributed by atoms with van der Waals surface area (Å²) >= 11 is 7.40. The standard InChI is InChI=1S/2C10H9N3O.2CNS.Co.2H2O/c2*1-2-4-12-9(3-1)8-14-10-7-11-5-6-13-10;2*2-1-3;;;/h2*1-7H,8H2;;;;2*1H2/q;;2*-1;+2;;/p+2. The summed E-state index contributed by atoms with van der Waals surface area (Å²) in [4.78, 5) is 24.0. The first-order valence-electron chi connectivity index (χ1n) is 9.33. The van der Waals surface area contributed by atoms with Crippen molar-refractivity contribution in [1.29, 1.82) is 0 Å². The Morgan fingerprint density at radius 2 is 1.00 bits per heavy atom. The van der Waals surface area contributed by atoms with E-state index in [1.54, 1.807) is 49.6 Å². The molecule has 12 nitrogen and oxygen atoms in total. The van der Waals surface area contributed by atoms with Gasteiger partial charge >= 0.3 is 16.8 Å². The molecule has 0 saturated heterocycles. The van der Waals surface area contributed by atoms with Crippen LogP contribution in [-0.4, -0.2) is 40.2 Å². The molecule has 0 aliphatic rings. The van der Waals surface area contributed by atoms with Crippen LogP contribution in [0, 0.1) is 0 Å². The fraction of sp³-hybridized carbons (Fsp3) is 0.0909. The van der Waals surface area contributed by atoms with Crippen LogP contribution in [-0.2, 0) is 40.9 Å². The predicted molar refractivity (Wildman–Crippen MR) is 143 cm³/mol. The molecule has 4 aromatic heterocycles. The molecule has 0 amide bonds. The van der Waals surface area contributed by atoms with E-state index in [0.29, 0.717) is 25.0 Å². The van der Waals surface area contributed by atoms with Crippen molar-refractivity contribution in [2.45, 2.75) is 13.2 Å². The molecule has 0 unspecified atom stereocenters. The molecule has 37 heavy (non-hydrogen) atoms. The van der Waals surface area contributed by atoms with Crippen LogP contribution < -0.4 is 9.47 Å². The van der Waals surface area contributed by atoms with Crippen LogP contribution in [0.1, 0.15) is 11.4 Å². The molecule has 0 saturated carbocycles. The minimum atomic E-state index is 0. The van der Waals surface area contributed by atoms with Gasteiger partial charge in [0.2, 0.25) is 11.8 Å². The number of hydrogen-bond acceptors (Lipinski definition) is 10. The summed E-state index contributed by atoms with van der Waals surface area (Å²) in [5.74, 6) is 1.02. The smallest absolute Gasteiger partial charge is 0.753 e. The topological polar surface area (TPSA) is 206 Å². The van der Waals surface area contributed by atoms with Crippen molar-refractivity contribution in [1.82, 2.24) is 29.9 Å². The summed E-state index contributed by atoms with van der Waals surface area (Å²) in [6.07, 6.45) is 13.0. The van der Waals surface area contributed by atoms with E-state index in [4.69, 9.17) is 20.3 Å². The zero-order chi connectivity index (χ0) is 24.7. The molecule has 0 atom stereocenters. The third kappa shape index (κ3) is 20.0. The van der Waals surface area contributed by atoms with Gasteiger partial charge in [-0.1, -0.05) is 36.6 Å². The molecule has 4 aromatic rings. The van der Waals surface area contributed by atoms with Crippen LogP contribution in [0.25, 0.3) is 10.8 Å². The zero-order valence-corrected chi connectivity index (χ0v) is 21.9. The van der Waals surface area contributed by atoms with Crippen molar-refractivity contribution in [3.63, 3.8) is 0 Å². The van der Waals surface area contributed by atoms with Gasteiger partial charge in [-0.2, -0.15) is 10.3 Å². The Morgan fingerprint density at radius 3 is 1.27 bits per heavy atom. The van der Waals surface area contributed by atoms with E-state index in [2.05, 4.69) is 54.3 Å². The monoisotopic (exact) mass is 587 g/mol. The maximum atomic E-state index is 7.13. The summed E-state index contributed by atoms with van der Waals surface area (Å²) in [6.45, 7) is 0.832. The van der Waals surface area contributed by atoms with Crippen LogP contribution in [0.15, 0.2) is 86.0 Å². The second kappa shape index (κ2) is 26.7. The average Bonchev–Trinajstić information content (AvgIpc) is 2.90. The molecule has 1 radical (unpaired) electrons. The average molecular weight is 588 g/mol.